The second-order valence-corrected chi connectivity index (χ2v) is 8.71. The third kappa shape index (κ3) is 3.76. The largest absolute Gasteiger partial charge is 0.339 e. The molecular formula is C25H27N3O3. The van der Waals surface area contributed by atoms with Crippen LogP contribution in [0, 0.1) is 0 Å². The van der Waals surface area contributed by atoms with Gasteiger partial charge in [0.05, 0.1) is 17.7 Å². The van der Waals surface area contributed by atoms with Gasteiger partial charge in [-0.05, 0) is 68.6 Å². The van der Waals surface area contributed by atoms with Gasteiger partial charge in [0.1, 0.15) is 0 Å². The summed E-state index contributed by atoms with van der Waals surface area (Å²) in [7, 11) is 0. The molecule has 0 saturated carbocycles. The number of likely N-dealkylation sites (tertiary alicyclic amines) is 2. The quantitative estimate of drug-likeness (QED) is 0.717. The standard InChI is InChI=1S/C25H27N3O3/c29-23(27-14-10-20(11-15-27)26-12-3-4-13-26)19-7-5-6-18(16-19)17-28-24(30)21-8-1-2-9-22(21)25(28)31/h1-2,5-9,16,20H,3-4,10-15,17H2. The Balaban J connectivity index is 1.25. The van der Waals surface area contributed by atoms with Gasteiger partial charge in [0.2, 0.25) is 0 Å². The van der Waals surface area contributed by atoms with Crippen LogP contribution in [0.25, 0.3) is 0 Å². The highest BCUT2D eigenvalue weighted by Crippen LogP contribution is 2.25. The van der Waals surface area contributed by atoms with Gasteiger partial charge in [-0.1, -0.05) is 24.3 Å². The van der Waals surface area contributed by atoms with Crippen molar-refractivity contribution < 1.29 is 14.4 Å². The fourth-order valence-electron chi connectivity index (χ4n) is 5.09. The van der Waals surface area contributed by atoms with E-state index in [0.717, 1.165) is 31.5 Å². The zero-order chi connectivity index (χ0) is 21.4. The summed E-state index contributed by atoms with van der Waals surface area (Å²) in [6.45, 7) is 4.12. The topological polar surface area (TPSA) is 60.9 Å². The van der Waals surface area contributed by atoms with Crippen LogP contribution in [0.3, 0.4) is 0 Å². The van der Waals surface area contributed by atoms with E-state index in [0.29, 0.717) is 22.7 Å². The lowest BCUT2D eigenvalue weighted by Gasteiger charge is -2.36. The molecule has 31 heavy (non-hydrogen) atoms. The summed E-state index contributed by atoms with van der Waals surface area (Å²) >= 11 is 0. The maximum atomic E-state index is 13.1. The molecule has 3 aliphatic rings. The number of carbonyl (C=O) groups excluding carboxylic acids is 3. The lowest BCUT2D eigenvalue weighted by atomic mass is 10.0. The third-order valence-corrected chi connectivity index (χ3v) is 6.80. The Labute approximate surface area is 182 Å². The number of imide groups is 1. The first-order chi connectivity index (χ1) is 15.1. The molecule has 2 aromatic rings. The molecule has 0 bridgehead atoms. The van der Waals surface area contributed by atoms with Crippen molar-refractivity contribution in [2.24, 2.45) is 0 Å². The fourth-order valence-corrected chi connectivity index (χ4v) is 5.09. The number of nitrogens with zero attached hydrogens (tertiary/aromatic N) is 3. The van der Waals surface area contributed by atoms with Crippen LogP contribution in [-0.4, -0.2) is 64.6 Å². The van der Waals surface area contributed by atoms with E-state index >= 15 is 0 Å². The molecule has 0 atom stereocenters. The molecule has 0 N–H and O–H groups in total. The van der Waals surface area contributed by atoms with Crippen LogP contribution in [-0.2, 0) is 6.54 Å². The number of fused-ring (bicyclic) bond motifs is 1. The Hall–Kier alpha value is -2.99. The van der Waals surface area contributed by atoms with E-state index in [4.69, 9.17) is 0 Å². The highest BCUT2D eigenvalue weighted by atomic mass is 16.2. The average molecular weight is 418 g/mol. The summed E-state index contributed by atoms with van der Waals surface area (Å²) in [5.74, 6) is -0.522. The smallest absolute Gasteiger partial charge is 0.261 e. The molecular weight excluding hydrogens is 390 g/mol. The van der Waals surface area contributed by atoms with Crippen molar-refractivity contribution in [2.45, 2.75) is 38.3 Å². The van der Waals surface area contributed by atoms with E-state index in [9.17, 15) is 14.4 Å². The summed E-state index contributed by atoms with van der Waals surface area (Å²) in [6, 6.07) is 14.8. The van der Waals surface area contributed by atoms with Gasteiger partial charge in [0, 0.05) is 24.7 Å². The van der Waals surface area contributed by atoms with Crippen molar-refractivity contribution in [1.29, 1.82) is 0 Å². The molecule has 2 fully saturated rings. The number of hydrogen-bond acceptors (Lipinski definition) is 4. The zero-order valence-electron chi connectivity index (χ0n) is 17.6. The Bertz CT molecular complexity index is 985. The number of benzene rings is 2. The van der Waals surface area contributed by atoms with E-state index < -0.39 is 0 Å². The summed E-state index contributed by atoms with van der Waals surface area (Å²) in [5.41, 5.74) is 2.29. The molecule has 3 aliphatic heterocycles. The van der Waals surface area contributed by atoms with E-state index in [1.54, 1.807) is 24.3 Å². The lowest BCUT2D eigenvalue weighted by molar-refractivity contribution is 0.0638. The first kappa shape index (κ1) is 19.9. The number of hydrogen-bond donors (Lipinski definition) is 0. The number of carbonyl (C=O) groups is 3. The van der Waals surface area contributed by atoms with Crippen molar-refractivity contribution in [1.82, 2.24) is 14.7 Å². The molecule has 2 saturated heterocycles. The molecule has 6 heteroatoms. The molecule has 6 nitrogen and oxygen atoms in total. The van der Waals surface area contributed by atoms with Crippen molar-refractivity contribution in [2.75, 3.05) is 26.2 Å². The van der Waals surface area contributed by atoms with Gasteiger partial charge in [0.25, 0.3) is 17.7 Å². The molecule has 3 heterocycles. The molecule has 0 spiro atoms. The van der Waals surface area contributed by atoms with Crippen molar-refractivity contribution in [3.63, 3.8) is 0 Å². The Morgan fingerprint density at radius 3 is 2.13 bits per heavy atom. The van der Waals surface area contributed by atoms with Gasteiger partial charge < -0.3 is 9.80 Å². The van der Waals surface area contributed by atoms with Crippen LogP contribution >= 0.6 is 0 Å². The van der Waals surface area contributed by atoms with E-state index in [-0.39, 0.29) is 24.3 Å². The van der Waals surface area contributed by atoms with Gasteiger partial charge in [0.15, 0.2) is 0 Å². The van der Waals surface area contributed by atoms with Crippen LogP contribution in [0.5, 0.6) is 0 Å². The summed E-state index contributed by atoms with van der Waals surface area (Å²) in [4.78, 5) is 44.1. The highest BCUT2D eigenvalue weighted by Gasteiger charge is 2.35. The maximum absolute atomic E-state index is 13.1. The second kappa shape index (κ2) is 8.27. The molecule has 3 amide bonds. The fraction of sp³-hybridized carbons (Fsp3) is 0.400. The van der Waals surface area contributed by atoms with Crippen molar-refractivity contribution in [3.8, 4) is 0 Å². The number of amides is 3. The predicted molar refractivity (Wildman–Crippen MR) is 117 cm³/mol. The molecule has 0 aromatic heterocycles. The minimum Gasteiger partial charge on any atom is -0.339 e. The molecule has 0 radical (unpaired) electrons. The lowest BCUT2D eigenvalue weighted by Crippen LogP contribution is -2.45. The van der Waals surface area contributed by atoms with Gasteiger partial charge >= 0.3 is 0 Å². The molecule has 2 aromatic carbocycles. The van der Waals surface area contributed by atoms with Crippen LogP contribution in [0.1, 0.15) is 62.3 Å². The highest BCUT2D eigenvalue weighted by molar-refractivity contribution is 6.21. The van der Waals surface area contributed by atoms with Crippen LogP contribution in [0.15, 0.2) is 48.5 Å². The Morgan fingerprint density at radius 2 is 1.48 bits per heavy atom. The Morgan fingerprint density at radius 1 is 0.839 bits per heavy atom. The van der Waals surface area contributed by atoms with E-state index in [1.165, 1.54) is 30.8 Å². The van der Waals surface area contributed by atoms with Crippen molar-refractivity contribution >= 4 is 17.7 Å². The van der Waals surface area contributed by atoms with Crippen molar-refractivity contribution in [3.05, 3.63) is 70.8 Å². The summed E-state index contributed by atoms with van der Waals surface area (Å²) in [5, 5.41) is 0. The minimum atomic E-state index is -0.277. The van der Waals surface area contributed by atoms with Crippen LogP contribution in [0.2, 0.25) is 0 Å². The maximum Gasteiger partial charge on any atom is 0.261 e. The summed E-state index contributed by atoms with van der Waals surface area (Å²) < 4.78 is 0. The minimum absolute atomic E-state index is 0.0316. The van der Waals surface area contributed by atoms with Crippen LogP contribution in [0.4, 0.5) is 0 Å². The van der Waals surface area contributed by atoms with Crippen LogP contribution < -0.4 is 0 Å². The Kier molecular flexibility index (Phi) is 5.32. The zero-order valence-corrected chi connectivity index (χ0v) is 17.6. The molecule has 160 valence electrons. The summed E-state index contributed by atoms with van der Waals surface area (Å²) in [6.07, 6.45) is 4.64. The van der Waals surface area contributed by atoms with Gasteiger partial charge in [-0.2, -0.15) is 0 Å². The predicted octanol–water partition coefficient (Wildman–Crippen LogP) is 3.18. The molecule has 0 aliphatic carbocycles. The van der Waals surface area contributed by atoms with E-state index in [2.05, 4.69) is 4.90 Å². The van der Waals surface area contributed by atoms with Gasteiger partial charge in [-0.15, -0.1) is 0 Å². The second-order valence-electron chi connectivity index (χ2n) is 8.71. The van der Waals surface area contributed by atoms with Gasteiger partial charge in [-0.3, -0.25) is 19.3 Å². The first-order valence-corrected chi connectivity index (χ1v) is 11.2. The first-order valence-electron chi connectivity index (χ1n) is 11.2. The third-order valence-electron chi connectivity index (χ3n) is 6.80. The average Bonchev–Trinajstić information content (AvgIpc) is 3.43. The molecule has 0 unspecified atom stereocenters. The number of piperidine rings is 1. The SMILES string of the molecule is O=C(c1cccc(CN2C(=O)c3ccccc3C2=O)c1)N1CCC(N2CCCC2)CC1. The molecule has 5 rings (SSSR count). The normalized spacial score (nSPS) is 19.9. The van der Waals surface area contributed by atoms with Gasteiger partial charge in [-0.25, -0.2) is 0 Å². The number of rotatable bonds is 4. The monoisotopic (exact) mass is 417 g/mol. The van der Waals surface area contributed by atoms with E-state index in [1.807, 2.05) is 29.2 Å².